The Hall–Kier alpha value is -1.61. The highest BCUT2D eigenvalue weighted by Crippen LogP contribution is 2.11. The number of likely N-dealkylation sites (N-methyl/N-ethyl adjacent to an activating group) is 1. The second-order valence-corrected chi connectivity index (χ2v) is 7.19. The first-order valence-corrected chi connectivity index (χ1v) is 9.25. The van der Waals surface area contributed by atoms with Crippen LogP contribution < -0.4 is 10.6 Å². The third-order valence-corrected chi connectivity index (χ3v) is 4.35. The number of hydrogen-bond acceptors (Lipinski definition) is 2. The van der Waals surface area contributed by atoms with E-state index in [1.807, 2.05) is 24.3 Å². The summed E-state index contributed by atoms with van der Waals surface area (Å²) in [6, 6.07) is 16.4. The van der Waals surface area contributed by atoms with Crippen molar-refractivity contribution in [2.45, 2.75) is 20.0 Å². The van der Waals surface area contributed by atoms with Crippen LogP contribution in [0.3, 0.4) is 0 Å². The molecule has 2 aromatic carbocycles. The van der Waals surface area contributed by atoms with Crippen molar-refractivity contribution in [3.63, 3.8) is 0 Å². The van der Waals surface area contributed by atoms with Gasteiger partial charge in [-0.2, -0.15) is 0 Å². The number of halogens is 2. The molecule has 0 saturated carbocycles. The van der Waals surface area contributed by atoms with E-state index in [2.05, 4.69) is 62.7 Å². The standard InChI is InChI=1S/C20H25BrN4O.HI/c1-15-4-6-16(7-5-15)12-22-20(24-14-19(26)25(2)3)23-13-17-8-10-18(21)11-9-17;/h4-11H,12-14H2,1-3H3,(H2,22,23,24);1H. The SMILES string of the molecule is Cc1ccc(CNC(=NCc2ccc(Br)cc2)NCC(=O)N(C)C)cc1.I. The van der Waals surface area contributed by atoms with Gasteiger partial charge in [-0.05, 0) is 30.2 Å². The summed E-state index contributed by atoms with van der Waals surface area (Å²) in [5.74, 6) is 0.613. The summed E-state index contributed by atoms with van der Waals surface area (Å²) in [7, 11) is 3.48. The number of amides is 1. The largest absolute Gasteiger partial charge is 0.352 e. The number of nitrogens with zero attached hydrogens (tertiary/aromatic N) is 2. The highest BCUT2D eigenvalue weighted by Gasteiger charge is 2.06. The summed E-state index contributed by atoms with van der Waals surface area (Å²) in [6.07, 6.45) is 0. The molecule has 0 spiro atoms. The summed E-state index contributed by atoms with van der Waals surface area (Å²) in [5, 5.41) is 6.39. The molecule has 0 bridgehead atoms. The van der Waals surface area contributed by atoms with E-state index in [1.165, 1.54) is 5.56 Å². The van der Waals surface area contributed by atoms with Gasteiger partial charge in [-0.1, -0.05) is 57.9 Å². The smallest absolute Gasteiger partial charge is 0.241 e. The molecule has 0 heterocycles. The molecule has 0 aromatic heterocycles. The van der Waals surface area contributed by atoms with Gasteiger partial charge in [-0.25, -0.2) is 4.99 Å². The lowest BCUT2D eigenvalue weighted by Gasteiger charge is -2.15. The number of hydrogen-bond donors (Lipinski definition) is 2. The maximum Gasteiger partial charge on any atom is 0.241 e. The molecule has 2 rings (SSSR count). The second kappa shape index (κ2) is 12.0. The number of rotatable bonds is 6. The van der Waals surface area contributed by atoms with Gasteiger partial charge in [0.25, 0.3) is 0 Å². The summed E-state index contributed by atoms with van der Waals surface area (Å²) >= 11 is 3.43. The molecule has 0 aliphatic rings. The van der Waals surface area contributed by atoms with Crippen LogP contribution in [0.15, 0.2) is 58.0 Å². The van der Waals surface area contributed by atoms with Crippen LogP contribution in [0, 0.1) is 6.92 Å². The minimum Gasteiger partial charge on any atom is -0.352 e. The fraction of sp³-hybridized carbons (Fsp3) is 0.300. The summed E-state index contributed by atoms with van der Waals surface area (Å²) in [6.45, 7) is 3.44. The molecule has 27 heavy (non-hydrogen) atoms. The summed E-state index contributed by atoms with van der Waals surface area (Å²) < 4.78 is 1.04. The molecular formula is C20H26BrIN4O. The number of carbonyl (C=O) groups is 1. The van der Waals surface area contributed by atoms with Crippen molar-refractivity contribution in [1.29, 1.82) is 0 Å². The van der Waals surface area contributed by atoms with Crippen molar-refractivity contribution in [2.24, 2.45) is 4.99 Å². The molecular weight excluding hydrogens is 519 g/mol. The van der Waals surface area contributed by atoms with Gasteiger partial charge in [0.05, 0.1) is 13.1 Å². The van der Waals surface area contributed by atoms with Crippen molar-refractivity contribution < 1.29 is 4.79 Å². The number of aliphatic imine (C=N–C) groups is 1. The Labute approximate surface area is 186 Å². The average molecular weight is 545 g/mol. The zero-order chi connectivity index (χ0) is 18.9. The van der Waals surface area contributed by atoms with E-state index >= 15 is 0 Å². The molecule has 0 atom stereocenters. The highest BCUT2D eigenvalue weighted by molar-refractivity contribution is 14.0. The van der Waals surface area contributed by atoms with Crippen molar-refractivity contribution in [3.8, 4) is 0 Å². The topological polar surface area (TPSA) is 56.7 Å². The number of carbonyl (C=O) groups excluding carboxylic acids is 1. The molecule has 146 valence electrons. The fourth-order valence-corrected chi connectivity index (χ4v) is 2.41. The van der Waals surface area contributed by atoms with Crippen LogP contribution in [0.1, 0.15) is 16.7 Å². The second-order valence-electron chi connectivity index (χ2n) is 6.27. The van der Waals surface area contributed by atoms with Gasteiger partial charge in [-0.3, -0.25) is 4.79 Å². The van der Waals surface area contributed by atoms with Crippen LogP contribution in [0.4, 0.5) is 0 Å². The average Bonchev–Trinajstić information content (AvgIpc) is 2.63. The monoisotopic (exact) mass is 544 g/mol. The third kappa shape index (κ3) is 8.75. The number of aryl methyl sites for hydroxylation is 1. The zero-order valence-corrected chi connectivity index (χ0v) is 19.7. The van der Waals surface area contributed by atoms with Gasteiger partial charge >= 0.3 is 0 Å². The van der Waals surface area contributed by atoms with E-state index in [9.17, 15) is 4.79 Å². The Bertz CT molecular complexity index is 746. The van der Waals surface area contributed by atoms with Gasteiger partial charge in [0, 0.05) is 25.1 Å². The quantitative estimate of drug-likeness (QED) is 0.331. The molecule has 0 saturated heterocycles. The normalized spacial score (nSPS) is 10.7. The van der Waals surface area contributed by atoms with Crippen LogP contribution in [-0.2, 0) is 17.9 Å². The Morgan fingerprint density at radius 1 is 1.00 bits per heavy atom. The van der Waals surface area contributed by atoms with E-state index in [0.29, 0.717) is 19.0 Å². The molecule has 7 heteroatoms. The number of guanidine groups is 1. The van der Waals surface area contributed by atoms with Crippen LogP contribution in [0.5, 0.6) is 0 Å². The first-order chi connectivity index (χ1) is 12.4. The van der Waals surface area contributed by atoms with Crippen molar-refractivity contribution in [3.05, 3.63) is 69.7 Å². The molecule has 0 radical (unpaired) electrons. The molecule has 0 aliphatic heterocycles. The lowest BCUT2D eigenvalue weighted by Crippen LogP contribution is -2.42. The van der Waals surface area contributed by atoms with Crippen LogP contribution in [0.2, 0.25) is 0 Å². The third-order valence-electron chi connectivity index (χ3n) is 3.82. The lowest BCUT2D eigenvalue weighted by molar-refractivity contribution is -0.127. The zero-order valence-electron chi connectivity index (χ0n) is 15.8. The van der Waals surface area contributed by atoms with Gasteiger partial charge in [0.15, 0.2) is 5.96 Å². The maximum atomic E-state index is 11.8. The van der Waals surface area contributed by atoms with E-state index in [0.717, 1.165) is 15.6 Å². The van der Waals surface area contributed by atoms with Gasteiger partial charge in [0.2, 0.25) is 5.91 Å². The van der Waals surface area contributed by atoms with E-state index in [4.69, 9.17) is 0 Å². The van der Waals surface area contributed by atoms with E-state index < -0.39 is 0 Å². The Balaban J connectivity index is 0.00000364. The summed E-state index contributed by atoms with van der Waals surface area (Å²) in [4.78, 5) is 18.0. The summed E-state index contributed by atoms with van der Waals surface area (Å²) in [5.41, 5.74) is 3.49. The van der Waals surface area contributed by atoms with Crippen molar-refractivity contribution >= 4 is 51.8 Å². The molecule has 2 aromatic rings. The van der Waals surface area contributed by atoms with E-state index in [1.54, 1.807) is 19.0 Å². The van der Waals surface area contributed by atoms with Crippen molar-refractivity contribution in [2.75, 3.05) is 20.6 Å². The van der Waals surface area contributed by atoms with E-state index in [-0.39, 0.29) is 36.4 Å². The van der Waals surface area contributed by atoms with Crippen LogP contribution in [-0.4, -0.2) is 37.4 Å². The van der Waals surface area contributed by atoms with Gasteiger partial charge in [0.1, 0.15) is 0 Å². The molecule has 0 unspecified atom stereocenters. The minimum absolute atomic E-state index is 0. The Kier molecular flexibility index (Phi) is 10.4. The molecule has 0 fully saturated rings. The first-order valence-electron chi connectivity index (χ1n) is 8.46. The first kappa shape index (κ1) is 23.4. The lowest BCUT2D eigenvalue weighted by atomic mass is 10.1. The number of benzene rings is 2. The molecule has 5 nitrogen and oxygen atoms in total. The van der Waals surface area contributed by atoms with Gasteiger partial charge in [-0.15, -0.1) is 24.0 Å². The predicted octanol–water partition coefficient (Wildman–Crippen LogP) is 3.70. The maximum absolute atomic E-state index is 11.8. The minimum atomic E-state index is -0.00141. The Morgan fingerprint density at radius 2 is 1.59 bits per heavy atom. The Morgan fingerprint density at radius 3 is 2.19 bits per heavy atom. The van der Waals surface area contributed by atoms with Crippen LogP contribution in [0.25, 0.3) is 0 Å². The molecule has 1 amide bonds. The predicted molar refractivity (Wildman–Crippen MR) is 125 cm³/mol. The fourth-order valence-electron chi connectivity index (χ4n) is 2.14. The highest BCUT2D eigenvalue weighted by atomic mass is 127. The van der Waals surface area contributed by atoms with Crippen molar-refractivity contribution in [1.82, 2.24) is 15.5 Å². The van der Waals surface area contributed by atoms with Gasteiger partial charge < -0.3 is 15.5 Å². The van der Waals surface area contributed by atoms with Crippen LogP contribution >= 0.6 is 39.9 Å². The number of nitrogens with one attached hydrogen (secondary N) is 2. The molecule has 2 N–H and O–H groups in total. The molecule has 0 aliphatic carbocycles.